The van der Waals surface area contributed by atoms with E-state index >= 15 is 0 Å². The van der Waals surface area contributed by atoms with Crippen molar-refractivity contribution in [3.8, 4) is 0 Å². The predicted molar refractivity (Wildman–Crippen MR) is 83.6 cm³/mol. The molecule has 1 aliphatic rings. The second-order valence-corrected chi connectivity index (χ2v) is 6.50. The maximum Gasteiger partial charge on any atom is 0.0728 e. The molecule has 0 bridgehead atoms. The largest absolute Gasteiger partial charge is 0.377 e. The van der Waals surface area contributed by atoms with Gasteiger partial charge in [0.15, 0.2) is 0 Å². The molecular formula is C17H35NO. The molecule has 19 heavy (non-hydrogen) atoms. The van der Waals surface area contributed by atoms with Gasteiger partial charge in [-0.05, 0) is 44.6 Å². The number of ether oxygens (including phenoxy) is 1. The molecule has 2 atom stereocenters. The van der Waals surface area contributed by atoms with Crippen molar-refractivity contribution in [2.75, 3.05) is 13.2 Å². The van der Waals surface area contributed by atoms with E-state index in [1.807, 2.05) is 0 Å². The minimum Gasteiger partial charge on any atom is -0.377 e. The Balaban J connectivity index is 2.32. The summed E-state index contributed by atoms with van der Waals surface area (Å²) in [6, 6.07) is 0.597. The van der Waals surface area contributed by atoms with E-state index in [2.05, 4.69) is 26.1 Å². The second kappa shape index (κ2) is 10.7. The van der Waals surface area contributed by atoms with Crippen LogP contribution in [-0.2, 0) is 4.74 Å². The summed E-state index contributed by atoms with van der Waals surface area (Å²) in [4.78, 5) is 0. The van der Waals surface area contributed by atoms with Crippen LogP contribution in [0.5, 0.6) is 0 Å². The van der Waals surface area contributed by atoms with E-state index in [0.29, 0.717) is 12.1 Å². The van der Waals surface area contributed by atoms with Crippen LogP contribution in [0, 0.1) is 5.92 Å². The van der Waals surface area contributed by atoms with E-state index in [1.54, 1.807) is 0 Å². The number of rotatable bonds is 8. The van der Waals surface area contributed by atoms with Gasteiger partial charge in [-0.3, -0.25) is 0 Å². The fourth-order valence-electron chi connectivity index (χ4n) is 2.94. The first-order chi connectivity index (χ1) is 9.24. The van der Waals surface area contributed by atoms with Gasteiger partial charge < -0.3 is 10.1 Å². The van der Waals surface area contributed by atoms with Gasteiger partial charge in [-0.1, -0.05) is 46.5 Å². The molecule has 1 N–H and O–H groups in total. The fourth-order valence-corrected chi connectivity index (χ4v) is 2.94. The smallest absolute Gasteiger partial charge is 0.0728 e. The van der Waals surface area contributed by atoms with Gasteiger partial charge in [-0.25, -0.2) is 0 Å². The van der Waals surface area contributed by atoms with Gasteiger partial charge in [0.2, 0.25) is 0 Å². The van der Waals surface area contributed by atoms with Gasteiger partial charge in [0.25, 0.3) is 0 Å². The normalized spacial score (nSPS) is 25.3. The molecule has 2 unspecified atom stereocenters. The third-order valence-electron chi connectivity index (χ3n) is 4.12. The molecule has 2 heteroatoms. The standard InChI is InChI=1S/C17H35NO/c1-4-13-18-16-11-7-5-6-8-12-17(16)19-14-9-10-15(2)3/h15-18H,4-14H2,1-3H3. The molecule has 0 aromatic heterocycles. The molecule has 0 aromatic rings. The van der Waals surface area contributed by atoms with Crippen molar-refractivity contribution in [3.05, 3.63) is 0 Å². The summed E-state index contributed by atoms with van der Waals surface area (Å²) in [7, 11) is 0. The van der Waals surface area contributed by atoms with Crippen LogP contribution < -0.4 is 5.32 Å². The first kappa shape index (κ1) is 17.0. The van der Waals surface area contributed by atoms with E-state index in [0.717, 1.165) is 19.1 Å². The molecule has 1 fully saturated rings. The lowest BCUT2D eigenvalue weighted by Crippen LogP contribution is -2.42. The molecule has 2 nitrogen and oxygen atoms in total. The number of hydrogen-bond acceptors (Lipinski definition) is 2. The molecule has 0 amide bonds. The van der Waals surface area contributed by atoms with Crippen molar-refractivity contribution in [1.29, 1.82) is 0 Å². The first-order valence-electron chi connectivity index (χ1n) is 8.59. The summed E-state index contributed by atoms with van der Waals surface area (Å²) in [5.74, 6) is 0.801. The minimum atomic E-state index is 0.457. The second-order valence-electron chi connectivity index (χ2n) is 6.50. The molecule has 0 saturated heterocycles. The minimum absolute atomic E-state index is 0.457. The number of hydrogen-bond donors (Lipinski definition) is 1. The van der Waals surface area contributed by atoms with Crippen molar-refractivity contribution in [3.63, 3.8) is 0 Å². The van der Waals surface area contributed by atoms with Gasteiger partial charge in [0.1, 0.15) is 0 Å². The Morgan fingerprint density at radius 3 is 2.53 bits per heavy atom. The quantitative estimate of drug-likeness (QED) is 0.654. The zero-order valence-corrected chi connectivity index (χ0v) is 13.4. The Labute approximate surface area is 120 Å². The summed E-state index contributed by atoms with van der Waals surface area (Å²) < 4.78 is 6.22. The maximum atomic E-state index is 6.22. The Morgan fingerprint density at radius 1 is 1.11 bits per heavy atom. The van der Waals surface area contributed by atoms with Crippen LogP contribution in [0.25, 0.3) is 0 Å². The topological polar surface area (TPSA) is 21.3 Å². The van der Waals surface area contributed by atoms with Crippen LogP contribution >= 0.6 is 0 Å². The van der Waals surface area contributed by atoms with Crippen molar-refractivity contribution in [2.24, 2.45) is 5.92 Å². The molecule has 0 aliphatic heterocycles. The van der Waals surface area contributed by atoms with Crippen LogP contribution in [0.2, 0.25) is 0 Å². The van der Waals surface area contributed by atoms with E-state index in [1.165, 1.54) is 57.8 Å². The fraction of sp³-hybridized carbons (Fsp3) is 1.00. The van der Waals surface area contributed by atoms with Crippen LogP contribution in [0.4, 0.5) is 0 Å². The third-order valence-corrected chi connectivity index (χ3v) is 4.12. The summed E-state index contributed by atoms with van der Waals surface area (Å²) in [6.45, 7) is 8.92. The highest BCUT2D eigenvalue weighted by atomic mass is 16.5. The molecule has 0 aromatic carbocycles. The average molecular weight is 269 g/mol. The summed E-state index contributed by atoms with van der Waals surface area (Å²) in [6.07, 6.45) is 12.3. The SMILES string of the molecule is CCCNC1CCCCCCC1OCCCC(C)C. The predicted octanol–water partition coefficient (Wildman–Crippen LogP) is 4.53. The van der Waals surface area contributed by atoms with Crippen molar-refractivity contribution in [2.45, 2.75) is 90.7 Å². The summed E-state index contributed by atoms with van der Waals surface area (Å²) in [5, 5.41) is 3.71. The van der Waals surface area contributed by atoms with Gasteiger partial charge >= 0.3 is 0 Å². The van der Waals surface area contributed by atoms with Crippen LogP contribution in [0.15, 0.2) is 0 Å². The van der Waals surface area contributed by atoms with E-state index < -0.39 is 0 Å². The van der Waals surface area contributed by atoms with Crippen LogP contribution in [0.1, 0.15) is 78.6 Å². The lowest BCUT2D eigenvalue weighted by molar-refractivity contribution is 0.0107. The summed E-state index contributed by atoms with van der Waals surface area (Å²) in [5.41, 5.74) is 0. The molecule has 114 valence electrons. The monoisotopic (exact) mass is 269 g/mol. The Bertz CT molecular complexity index is 203. The Hall–Kier alpha value is -0.0800. The van der Waals surface area contributed by atoms with E-state index in [-0.39, 0.29) is 0 Å². The maximum absolute atomic E-state index is 6.22. The van der Waals surface area contributed by atoms with Crippen LogP contribution in [0.3, 0.4) is 0 Å². The molecule has 0 spiro atoms. The zero-order valence-electron chi connectivity index (χ0n) is 13.4. The molecular weight excluding hydrogens is 234 g/mol. The third kappa shape index (κ3) is 7.94. The first-order valence-corrected chi connectivity index (χ1v) is 8.59. The van der Waals surface area contributed by atoms with Gasteiger partial charge in [0, 0.05) is 12.6 Å². The molecule has 0 radical (unpaired) electrons. The van der Waals surface area contributed by atoms with E-state index in [4.69, 9.17) is 4.74 Å². The van der Waals surface area contributed by atoms with Crippen molar-refractivity contribution >= 4 is 0 Å². The summed E-state index contributed by atoms with van der Waals surface area (Å²) >= 11 is 0. The van der Waals surface area contributed by atoms with Crippen molar-refractivity contribution < 1.29 is 4.74 Å². The zero-order chi connectivity index (χ0) is 13.9. The van der Waals surface area contributed by atoms with Gasteiger partial charge in [-0.15, -0.1) is 0 Å². The number of nitrogens with one attached hydrogen (secondary N) is 1. The van der Waals surface area contributed by atoms with Crippen molar-refractivity contribution in [1.82, 2.24) is 5.32 Å². The highest BCUT2D eigenvalue weighted by molar-refractivity contribution is 4.79. The molecule has 1 saturated carbocycles. The lowest BCUT2D eigenvalue weighted by Gasteiger charge is -2.30. The molecule has 1 rings (SSSR count). The molecule has 1 aliphatic carbocycles. The lowest BCUT2D eigenvalue weighted by atomic mass is 9.94. The van der Waals surface area contributed by atoms with Crippen LogP contribution in [-0.4, -0.2) is 25.3 Å². The highest BCUT2D eigenvalue weighted by Gasteiger charge is 2.22. The highest BCUT2D eigenvalue weighted by Crippen LogP contribution is 2.21. The van der Waals surface area contributed by atoms with Gasteiger partial charge in [0.05, 0.1) is 6.10 Å². The Kier molecular flexibility index (Phi) is 9.54. The average Bonchev–Trinajstić information content (AvgIpc) is 2.35. The molecule has 0 heterocycles. The van der Waals surface area contributed by atoms with Gasteiger partial charge in [-0.2, -0.15) is 0 Å². The Morgan fingerprint density at radius 2 is 1.84 bits per heavy atom. The van der Waals surface area contributed by atoms with E-state index in [9.17, 15) is 0 Å².